The summed E-state index contributed by atoms with van der Waals surface area (Å²) in [6.45, 7) is 4.67. The lowest BCUT2D eigenvalue weighted by Crippen LogP contribution is -2.20. The van der Waals surface area contributed by atoms with Crippen molar-refractivity contribution in [2.45, 2.75) is 26.3 Å². The molecule has 3 aromatic rings. The second kappa shape index (κ2) is 7.44. The number of nitrogens with zero attached hydrogens (tertiary/aromatic N) is 1. The average Bonchev–Trinajstić information content (AvgIpc) is 3.21. The fourth-order valence-electron chi connectivity index (χ4n) is 3.64. The number of ketones is 1. The molecule has 0 aliphatic carbocycles. The summed E-state index contributed by atoms with van der Waals surface area (Å²) in [5.74, 6) is 0.151. The Bertz CT molecular complexity index is 985. The maximum Gasteiger partial charge on any atom is 0.205 e. The monoisotopic (exact) mass is 387 g/mol. The maximum atomic E-state index is 14.3. The van der Waals surface area contributed by atoms with E-state index in [9.17, 15) is 9.18 Å². The van der Waals surface area contributed by atoms with Gasteiger partial charge in [0, 0.05) is 36.9 Å². The Morgan fingerprint density at radius 3 is 2.78 bits per heavy atom. The smallest absolute Gasteiger partial charge is 0.205 e. The zero-order valence-corrected chi connectivity index (χ0v) is 16.3. The summed E-state index contributed by atoms with van der Waals surface area (Å²) in [7, 11) is 1.47. The van der Waals surface area contributed by atoms with Gasteiger partial charge in [-0.05, 0) is 49.9 Å². The third-order valence-electron chi connectivity index (χ3n) is 5.20. The molecule has 0 amide bonds. The second-order valence-electron chi connectivity index (χ2n) is 7.00. The Kier molecular flexibility index (Phi) is 5.02. The molecule has 0 bridgehead atoms. The molecule has 6 heteroatoms. The fourth-order valence-corrected chi connectivity index (χ4v) is 4.80. The highest BCUT2D eigenvalue weighted by molar-refractivity contribution is 7.20. The fraction of sp³-hybridized carbons (Fsp3) is 0.381. The topological polar surface area (TPSA) is 40.5 Å². The van der Waals surface area contributed by atoms with Crippen LogP contribution in [-0.4, -0.2) is 30.7 Å². The number of hydrogen-bond acceptors (Lipinski definition) is 4. The van der Waals surface area contributed by atoms with E-state index < -0.39 is 5.82 Å². The number of rotatable bonds is 5. The van der Waals surface area contributed by atoms with E-state index in [1.807, 2.05) is 6.07 Å². The molecule has 1 aliphatic heterocycles. The number of aryl methyl sites for hydroxylation is 1. The van der Waals surface area contributed by atoms with Gasteiger partial charge in [0.1, 0.15) is 16.4 Å². The predicted octanol–water partition coefficient (Wildman–Crippen LogP) is 4.82. The molecule has 27 heavy (non-hydrogen) atoms. The lowest BCUT2D eigenvalue weighted by atomic mass is 10.0. The Balaban J connectivity index is 1.64. The molecule has 0 radical (unpaired) electrons. The molecule has 1 aliphatic rings. The van der Waals surface area contributed by atoms with Crippen LogP contribution in [0.3, 0.4) is 0 Å². The molecule has 2 aromatic heterocycles. The van der Waals surface area contributed by atoms with Crippen molar-refractivity contribution < 1.29 is 18.7 Å². The van der Waals surface area contributed by atoms with Crippen molar-refractivity contribution in [2.75, 3.05) is 20.3 Å². The van der Waals surface area contributed by atoms with Gasteiger partial charge in [-0.25, -0.2) is 4.39 Å². The third-order valence-corrected chi connectivity index (χ3v) is 6.37. The van der Waals surface area contributed by atoms with Crippen LogP contribution >= 0.6 is 11.3 Å². The number of hydrogen-bond donors (Lipinski definition) is 0. The molecular formula is C21H22FNO3S. The first-order valence-corrected chi connectivity index (χ1v) is 9.94. The van der Waals surface area contributed by atoms with E-state index in [0.717, 1.165) is 42.8 Å². The van der Waals surface area contributed by atoms with E-state index in [2.05, 4.69) is 17.6 Å². The summed E-state index contributed by atoms with van der Waals surface area (Å²) < 4.78 is 27.0. The lowest BCUT2D eigenvalue weighted by Gasteiger charge is -2.23. The summed E-state index contributed by atoms with van der Waals surface area (Å²) in [5, 5.41) is 1.04. The van der Waals surface area contributed by atoms with Crippen LogP contribution < -0.4 is 4.74 Å². The average molecular weight is 387 g/mol. The highest BCUT2D eigenvalue weighted by atomic mass is 32.1. The molecule has 0 atom stereocenters. The highest BCUT2D eigenvalue weighted by Gasteiger charge is 2.21. The van der Waals surface area contributed by atoms with Crippen molar-refractivity contribution in [3.63, 3.8) is 0 Å². The van der Waals surface area contributed by atoms with Gasteiger partial charge < -0.3 is 14.0 Å². The van der Waals surface area contributed by atoms with Crippen LogP contribution in [0.5, 0.6) is 5.75 Å². The third kappa shape index (κ3) is 3.51. The van der Waals surface area contributed by atoms with E-state index in [1.165, 1.54) is 36.3 Å². The quantitative estimate of drug-likeness (QED) is 0.590. The summed E-state index contributed by atoms with van der Waals surface area (Å²) in [6, 6.07) is 8.32. The summed E-state index contributed by atoms with van der Waals surface area (Å²) in [5.41, 5.74) is 1.27. The van der Waals surface area contributed by atoms with Gasteiger partial charge in [0.2, 0.25) is 5.78 Å². The number of halogens is 1. The van der Waals surface area contributed by atoms with Gasteiger partial charge in [0.05, 0.1) is 17.6 Å². The van der Waals surface area contributed by atoms with Crippen molar-refractivity contribution in [1.82, 2.24) is 4.57 Å². The zero-order chi connectivity index (χ0) is 19.0. The van der Waals surface area contributed by atoms with E-state index in [-0.39, 0.29) is 11.3 Å². The number of carbonyl (C=O) groups is 1. The normalized spacial score (nSPS) is 15.4. The molecule has 1 aromatic carbocycles. The maximum absolute atomic E-state index is 14.3. The number of carbonyl (C=O) groups excluding carboxylic acids is 1. The van der Waals surface area contributed by atoms with Crippen molar-refractivity contribution in [3.8, 4) is 5.75 Å². The minimum absolute atomic E-state index is 0.0763. The van der Waals surface area contributed by atoms with Crippen molar-refractivity contribution in [3.05, 3.63) is 52.3 Å². The lowest BCUT2D eigenvalue weighted by molar-refractivity contribution is 0.0615. The largest absolute Gasteiger partial charge is 0.497 e. The highest BCUT2D eigenvalue weighted by Crippen LogP contribution is 2.33. The van der Waals surface area contributed by atoms with Crippen LogP contribution in [0.25, 0.3) is 10.2 Å². The molecular weight excluding hydrogens is 365 g/mol. The van der Waals surface area contributed by atoms with E-state index in [1.54, 1.807) is 6.07 Å². The SMILES string of the molecule is COc1ccc(C(=O)c2cc3cc(C)n(CC4CCOCC4)c3s2)c(F)c1. The Hall–Kier alpha value is -2.18. The van der Waals surface area contributed by atoms with Crippen LogP contribution in [-0.2, 0) is 11.3 Å². The first-order chi connectivity index (χ1) is 13.1. The van der Waals surface area contributed by atoms with Gasteiger partial charge in [-0.2, -0.15) is 0 Å². The molecule has 1 saturated heterocycles. The molecule has 0 spiro atoms. The number of benzene rings is 1. The van der Waals surface area contributed by atoms with Gasteiger partial charge in [0.15, 0.2) is 0 Å². The summed E-state index contributed by atoms with van der Waals surface area (Å²) in [4.78, 5) is 14.5. The van der Waals surface area contributed by atoms with Gasteiger partial charge in [0.25, 0.3) is 0 Å². The van der Waals surface area contributed by atoms with E-state index in [0.29, 0.717) is 16.5 Å². The molecule has 3 heterocycles. The van der Waals surface area contributed by atoms with E-state index >= 15 is 0 Å². The predicted molar refractivity (Wildman–Crippen MR) is 104 cm³/mol. The zero-order valence-electron chi connectivity index (χ0n) is 15.5. The molecule has 4 rings (SSSR count). The van der Waals surface area contributed by atoms with Gasteiger partial charge in [-0.15, -0.1) is 11.3 Å². The molecule has 142 valence electrons. The molecule has 0 N–H and O–H groups in total. The van der Waals surface area contributed by atoms with Crippen LogP contribution in [0, 0.1) is 18.7 Å². The summed E-state index contributed by atoms with van der Waals surface area (Å²) >= 11 is 1.44. The number of thiophene rings is 1. The second-order valence-corrected chi connectivity index (χ2v) is 8.03. The molecule has 0 saturated carbocycles. The first-order valence-electron chi connectivity index (χ1n) is 9.12. The molecule has 4 nitrogen and oxygen atoms in total. The van der Waals surface area contributed by atoms with Crippen LogP contribution in [0.1, 0.15) is 33.8 Å². The first kappa shape index (κ1) is 18.2. The number of ether oxygens (including phenoxy) is 2. The minimum Gasteiger partial charge on any atom is -0.497 e. The minimum atomic E-state index is -0.557. The molecule has 1 fully saturated rings. The Labute approximate surface area is 161 Å². The van der Waals surface area contributed by atoms with Gasteiger partial charge in [-0.1, -0.05) is 0 Å². The van der Waals surface area contributed by atoms with Gasteiger partial charge in [-0.3, -0.25) is 4.79 Å². The van der Waals surface area contributed by atoms with Crippen molar-refractivity contribution in [2.24, 2.45) is 5.92 Å². The van der Waals surface area contributed by atoms with Crippen LogP contribution in [0.15, 0.2) is 30.3 Å². The molecule has 0 unspecified atom stereocenters. The number of methoxy groups -OCH3 is 1. The Morgan fingerprint density at radius 1 is 1.30 bits per heavy atom. The van der Waals surface area contributed by atoms with Gasteiger partial charge >= 0.3 is 0 Å². The van der Waals surface area contributed by atoms with Crippen LogP contribution in [0.4, 0.5) is 4.39 Å². The van der Waals surface area contributed by atoms with E-state index in [4.69, 9.17) is 9.47 Å². The standard InChI is InChI=1S/C21H22FNO3S/c1-13-9-15-10-19(20(24)17-4-3-16(25-2)11-18(17)22)27-21(15)23(13)12-14-5-7-26-8-6-14/h3-4,9-11,14H,5-8,12H2,1-2H3. The number of fused-ring (bicyclic) bond motifs is 1. The number of aromatic nitrogens is 1. The summed E-state index contributed by atoms with van der Waals surface area (Å²) in [6.07, 6.45) is 2.13. The van der Waals surface area contributed by atoms with Crippen molar-refractivity contribution in [1.29, 1.82) is 0 Å². The van der Waals surface area contributed by atoms with Crippen LogP contribution in [0.2, 0.25) is 0 Å². The van der Waals surface area contributed by atoms with Crippen molar-refractivity contribution >= 4 is 27.3 Å². The Morgan fingerprint density at radius 2 is 2.07 bits per heavy atom.